The Morgan fingerprint density at radius 3 is 2.55 bits per heavy atom. The Balaban J connectivity index is 2.00. The predicted octanol–water partition coefficient (Wildman–Crippen LogP) is 2.66. The van der Waals surface area contributed by atoms with Crippen molar-refractivity contribution in [1.82, 2.24) is 9.88 Å². The van der Waals surface area contributed by atoms with E-state index < -0.39 is 5.60 Å². The minimum Gasteiger partial charge on any atom is -0.386 e. The standard InChI is InChI=1S/C17H20N4O/c1-17(2,22)12-6-4-11(5-7-12)14-8-15-13(16(18)20-14)9-21(3)10-19-15/h4-8,10,22H,9H2,1-3H3,(H2,18,20). The second-order valence-corrected chi connectivity index (χ2v) is 6.19. The monoisotopic (exact) mass is 296 g/mol. The molecule has 2 aromatic rings. The van der Waals surface area contributed by atoms with Crippen LogP contribution in [0.2, 0.25) is 0 Å². The molecule has 0 spiro atoms. The number of hydrogen-bond donors (Lipinski definition) is 2. The fraction of sp³-hybridized carbons (Fsp3) is 0.294. The molecule has 0 bridgehead atoms. The van der Waals surface area contributed by atoms with Gasteiger partial charge in [0, 0.05) is 24.7 Å². The van der Waals surface area contributed by atoms with Gasteiger partial charge in [-0.1, -0.05) is 24.3 Å². The van der Waals surface area contributed by atoms with Gasteiger partial charge < -0.3 is 15.7 Å². The molecule has 0 saturated heterocycles. The molecule has 0 fully saturated rings. The van der Waals surface area contributed by atoms with Gasteiger partial charge in [0.25, 0.3) is 0 Å². The van der Waals surface area contributed by atoms with Gasteiger partial charge in [0.2, 0.25) is 0 Å². The number of nitrogens with zero attached hydrogens (tertiary/aromatic N) is 3. The first-order valence-electron chi connectivity index (χ1n) is 7.22. The van der Waals surface area contributed by atoms with Crippen molar-refractivity contribution in [2.24, 2.45) is 4.99 Å². The van der Waals surface area contributed by atoms with Crippen LogP contribution in [0, 0.1) is 0 Å². The quantitative estimate of drug-likeness (QED) is 0.893. The van der Waals surface area contributed by atoms with Gasteiger partial charge in [0.1, 0.15) is 5.82 Å². The number of aliphatic imine (C=N–C) groups is 1. The molecule has 3 rings (SSSR count). The van der Waals surface area contributed by atoms with Crippen LogP contribution in [0.1, 0.15) is 25.0 Å². The van der Waals surface area contributed by atoms with E-state index in [1.165, 1.54) is 0 Å². The fourth-order valence-electron chi connectivity index (χ4n) is 2.50. The molecule has 2 heterocycles. The van der Waals surface area contributed by atoms with Crippen LogP contribution in [0.3, 0.4) is 0 Å². The molecule has 0 atom stereocenters. The summed E-state index contributed by atoms with van der Waals surface area (Å²) in [6.07, 6.45) is 1.79. The zero-order valence-electron chi connectivity index (χ0n) is 13.0. The van der Waals surface area contributed by atoms with Crippen molar-refractivity contribution in [3.8, 4) is 11.3 Å². The number of nitrogen functional groups attached to an aromatic ring is 1. The molecule has 0 aliphatic carbocycles. The van der Waals surface area contributed by atoms with E-state index in [1.54, 1.807) is 20.2 Å². The maximum absolute atomic E-state index is 10.0. The highest BCUT2D eigenvalue weighted by Crippen LogP contribution is 2.32. The molecule has 22 heavy (non-hydrogen) atoms. The smallest absolute Gasteiger partial charge is 0.131 e. The van der Waals surface area contributed by atoms with Gasteiger partial charge in [0.05, 0.1) is 23.3 Å². The number of pyridine rings is 1. The number of anilines is 1. The van der Waals surface area contributed by atoms with Crippen molar-refractivity contribution >= 4 is 17.8 Å². The van der Waals surface area contributed by atoms with Gasteiger partial charge >= 0.3 is 0 Å². The maximum atomic E-state index is 10.0. The molecule has 1 aliphatic heterocycles. The first-order valence-corrected chi connectivity index (χ1v) is 7.22. The number of aliphatic hydroxyl groups is 1. The number of hydrogen-bond acceptors (Lipinski definition) is 5. The first-order chi connectivity index (χ1) is 10.3. The maximum Gasteiger partial charge on any atom is 0.131 e. The molecule has 1 aliphatic rings. The van der Waals surface area contributed by atoms with Gasteiger partial charge in [-0.3, -0.25) is 0 Å². The summed E-state index contributed by atoms with van der Waals surface area (Å²) in [5.41, 5.74) is 9.68. The summed E-state index contributed by atoms with van der Waals surface area (Å²) in [5, 5.41) is 10.0. The largest absolute Gasteiger partial charge is 0.386 e. The van der Waals surface area contributed by atoms with E-state index in [-0.39, 0.29) is 0 Å². The number of fused-ring (bicyclic) bond motifs is 1. The average Bonchev–Trinajstić information content (AvgIpc) is 2.47. The van der Waals surface area contributed by atoms with Gasteiger partial charge in [0.15, 0.2) is 0 Å². The van der Waals surface area contributed by atoms with Crippen LogP contribution in [-0.2, 0) is 12.1 Å². The SMILES string of the molecule is CN1C=Nc2cc(-c3ccc(C(C)(C)O)cc3)nc(N)c2C1. The second kappa shape index (κ2) is 5.10. The topological polar surface area (TPSA) is 74.7 Å². The van der Waals surface area contributed by atoms with Crippen molar-refractivity contribution < 1.29 is 5.11 Å². The Morgan fingerprint density at radius 2 is 1.91 bits per heavy atom. The lowest BCUT2D eigenvalue weighted by atomic mass is 9.96. The molecule has 5 nitrogen and oxygen atoms in total. The molecular formula is C17H20N4O. The lowest BCUT2D eigenvalue weighted by Crippen LogP contribution is -2.20. The van der Waals surface area contributed by atoms with Crippen LogP contribution in [0.25, 0.3) is 11.3 Å². The molecule has 1 aromatic heterocycles. The predicted molar refractivity (Wildman–Crippen MR) is 88.9 cm³/mol. The van der Waals surface area contributed by atoms with Crippen LogP contribution in [0.5, 0.6) is 0 Å². The van der Waals surface area contributed by atoms with Crippen molar-refractivity contribution in [2.45, 2.75) is 26.0 Å². The summed E-state index contributed by atoms with van der Waals surface area (Å²) in [7, 11) is 1.95. The lowest BCUT2D eigenvalue weighted by Gasteiger charge is -2.21. The number of benzene rings is 1. The number of nitrogens with two attached hydrogens (primary N) is 1. The summed E-state index contributed by atoms with van der Waals surface area (Å²) in [4.78, 5) is 10.9. The van der Waals surface area contributed by atoms with Crippen LogP contribution in [0.15, 0.2) is 35.3 Å². The van der Waals surface area contributed by atoms with Crippen LogP contribution in [0.4, 0.5) is 11.5 Å². The third kappa shape index (κ3) is 2.67. The normalized spacial score (nSPS) is 14.1. The van der Waals surface area contributed by atoms with Gasteiger partial charge in [-0.25, -0.2) is 9.98 Å². The summed E-state index contributed by atoms with van der Waals surface area (Å²) < 4.78 is 0. The highest BCUT2D eigenvalue weighted by atomic mass is 16.3. The van der Waals surface area contributed by atoms with E-state index in [1.807, 2.05) is 42.3 Å². The highest BCUT2D eigenvalue weighted by molar-refractivity contribution is 5.75. The van der Waals surface area contributed by atoms with E-state index in [9.17, 15) is 5.11 Å². The fourth-order valence-corrected chi connectivity index (χ4v) is 2.50. The van der Waals surface area contributed by atoms with E-state index in [0.29, 0.717) is 5.82 Å². The molecule has 3 N–H and O–H groups in total. The average molecular weight is 296 g/mol. The molecular weight excluding hydrogens is 276 g/mol. The molecule has 114 valence electrons. The Labute approximate surface area is 130 Å². The Bertz CT molecular complexity index is 730. The highest BCUT2D eigenvalue weighted by Gasteiger charge is 2.17. The zero-order chi connectivity index (χ0) is 15.9. The Hall–Kier alpha value is -2.40. The first kappa shape index (κ1) is 14.5. The Kier molecular flexibility index (Phi) is 3.37. The van der Waals surface area contributed by atoms with Gasteiger partial charge in [-0.15, -0.1) is 0 Å². The molecule has 1 aromatic carbocycles. The third-order valence-corrected chi connectivity index (χ3v) is 3.82. The molecule has 0 saturated carbocycles. The van der Waals surface area contributed by atoms with E-state index in [2.05, 4.69) is 9.98 Å². The van der Waals surface area contributed by atoms with Crippen molar-refractivity contribution in [1.29, 1.82) is 0 Å². The van der Waals surface area contributed by atoms with Gasteiger partial charge in [-0.05, 0) is 25.5 Å². The molecule has 0 unspecified atom stereocenters. The van der Waals surface area contributed by atoms with E-state index in [0.717, 1.165) is 34.6 Å². The number of aromatic nitrogens is 1. The minimum atomic E-state index is -0.851. The summed E-state index contributed by atoms with van der Waals surface area (Å²) in [5.74, 6) is 0.516. The van der Waals surface area contributed by atoms with Crippen molar-refractivity contribution in [3.05, 3.63) is 41.5 Å². The summed E-state index contributed by atoms with van der Waals surface area (Å²) in [6.45, 7) is 4.25. The third-order valence-electron chi connectivity index (χ3n) is 3.82. The second-order valence-electron chi connectivity index (χ2n) is 6.19. The molecule has 0 amide bonds. The molecule has 5 heteroatoms. The number of rotatable bonds is 2. The van der Waals surface area contributed by atoms with Crippen LogP contribution in [-0.4, -0.2) is 28.4 Å². The van der Waals surface area contributed by atoms with Gasteiger partial charge in [-0.2, -0.15) is 0 Å². The van der Waals surface area contributed by atoms with E-state index >= 15 is 0 Å². The van der Waals surface area contributed by atoms with Crippen LogP contribution >= 0.6 is 0 Å². The van der Waals surface area contributed by atoms with E-state index in [4.69, 9.17) is 5.73 Å². The lowest BCUT2D eigenvalue weighted by molar-refractivity contribution is 0.0786. The van der Waals surface area contributed by atoms with Crippen LogP contribution < -0.4 is 5.73 Å². The van der Waals surface area contributed by atoms with Crippen molar-refractivity contribution in [3.63, 3.8) is 0 Å². The summed E-state index contributed by atoms with van der Waals surface area (Å²) >= 11 is 0. The Morgan fingerprint density at radius 1 is 1.23 bits per heavy atom. The van der Waals surface area contributed by atoms with Crippen molar-refractivity contribution in [2.75, 3.05) is 12.8 Å². The zero-order valence-corrected chi connectivity index (χ0v) is 13.0. The molecule has 0 radical (unpaired) electrons. The summed E-state index contributed by atoms with van der Waals surface area (Å²) in [6, 6.07) is 9.65. The minimum absolute atomic E-state index is 0.516.